The van der Waals surface area contributed by atoms with Crippen molar-refractivity contribution in [1.82, 2.24) is 0 Å². The molecule has 0 aliphatic heterocycles. The topological polar surface area (TPSA) is 34.1 Å². The molecule has 0 amide bonds. The standard InChI is InChI=1S/C6H10O2.Fe/c1-5(7)3-4-6(2)8;/h3-4H2,1-2H3;. The molecule has 54 valence electrons. The Hall–Kier alpha value is -0.141. The van der Waals surface area contributed by atoms with Crippen molar-refractivity contribution in [2.24, 2.45) is 0 Å². The van der Waals surface area contributed by atoms with Gasteiger partial charge in [-0.3, -0.25) is 0 Å². The number of carbonyl (C=O) groups excluding carboxylic acids is 2. The quantitative estimate of drug-likeness (QED) is 0.590. The maximum Gasteiger partial charge on any atom is 0.130 e. The Morgan fingerprint density at radius 3 is 1.33 bits per heavy atom. The van der Waals surface area contributed by atoms with Crippen molar-refractivity contribution in [2.75, 3.05) is 0 Å². The molecule has 9 heavy (non-hydrogen) atoms. The molecule has 0 radical (unpaired) electrons. The van der Waals surface area contributed by atoms with E-state index in [0.717, 1.165) is 0 Å². The van der Waals surface area contributed by atoms with E-state index in [9.17, 15) is 9.59 Å². The van der Waals surface area contributed by atoms with Crippen LogP contribution in [0.25, 0.3) is 0 Å². The first-order valence-corrected chi connectivity index (χ1v) is 2.62. The molecule has 0 aliphatic carbocycles. The molecule has 3 heteroatoms. The van der Waals surface area contributed by atoms with Crippen LogP contribution in [0, 0.1) is 0 Å². The van der Waals surface area contributed by atoms with Gasteiger partial charge in [0, 0.05) is 29.9 Å². The second-order valence-corrected chi connectivity index (χ2v) is 1.90. The van der Waals surface area contributed by atoms with E-state index in [1.54, 1.807) is 0 Å². The van der Waals surface area contributed by atoms with Crippen molar-refractivity contribution in [1.29, 1.82) is 0 Å². The fourth-order valence-corrected chi connectivity index (χ4v) is 0.352. The minimum Gasteiger partial charge on any atom is -0.300 e. The summed E-state index contributed by atoms with van der Waals surface area (Å²) in [6.45, 7) is 2.98. The average molecular weight is 170 g/mol. The molecule has 0 aromatic carbocycles. The van der Waals surface area contributed by atoms with Crippen LogP contribution in [0.2, 0.25) is 0 Å². The second-order valence-electron chi connectivity index (χ2n) is 1.90. The molecule has 0 aliphatic rings. The number of rotatable bonds is 3. The maximum absolute atomic E-state index is 10.2. The number of ketones is 2. The van der Waals surface area contributed by atoms with Gasteiger partial charge in [-0.1, -0.05) is 0 Å². The van der Waals surface area contributed by atoms with Crippen molar-refractivity contribution < 1.29 is 26.7 Å². The summed E-state index contributed by atoms with van der Waals surface area (Å²) in [6.07, 6.45) is 0.796. The minimum absolute atomic E-state index is 0. The van der Waals surface area contributed by atoms with E-state index in [0.29, 0.717) is 12.8 Å². The van der Waals surface area contributed by atoms with Gasteiger partial charge in [-0.15, -0.1) is 0 Å². The predicted octanol–water partition coefficient (Wildman–Crippen LogP) is 0.942. The van der Waals surface area contributed by atoms with Crippen molar-refractivity contribution in [3.05, 3.63) is 0 Å². The van der Waals surface area contributed by atoms with E-state index in [2.05, 4.69) is 0 Å². The molecule has 0 rings (SSSR count). The number of hydrogen-bond acceptors (Lipinski definition) is 2. The van der Waals surface area contributed by atoms with Gasteiger partial charge in [0.15, 0.2) is 0 Å². The second kappa shape index (κ2) is 5.99. The Balaban J connectivity index is 0. The zero-order valence-corrected chi connectivity index (χ0v) is 6.69. The van der Waals surface area contributed by atoms with Crippen LogP contribution >= 0.6 is 0 Å². The summed E-state index contributed by atoms with van der Waals surface area (Å²) in [5.74, 6) is 0.167. The molecule has 0 atom stereocenters. The van der Waals surface area contributed by atoms with Gasteiger partial charge in [0.05, 0.1) is 0 Å². The maximum atomic E-state index is 10.2. The van der Waals surface area contributed by atoms with Crippen molar-refractivity contribution in [3.63, 3.8) is 0 Å². The van der Waals surface area contributed by atoms with Crippen LogP contribution in [-0.4, -0.2) is 11.6 Å². The Kier molecular flexibility index (Phi) is 7.74. The van der Waals surface area contributed by atoms with Crippen LogP contribution in [0.4, 0.5) is 0 Å². The summed E-state index contributed by atoms with van der Waals surface area (Å²) in [7, 11) is 0. The number of Topliss-reactive ketones (excluding diaryl/α,β-unsaturated/α-hetero) is 2. The summed E-state index contributed by atoms with van der Waals surface area (Å²) in [5.41, 5.74) is 0. The fraction of sp³-hybridized carbons (Fsp3) is 0.667. The SMILES string of the molecule is CC(=O)CCC(C)=O.[Fe]. The molecule has 0 saturated heterocycles. The van der Waals surface area contributed by atoms with Gasteiger partial charge < -0.3 is 9.59 Å². The summed E-state index contributed by atoms with van der Waals surface area (Å²) < 4.78 is 0. The average Bonchev–Trinajstić information content (AvgIpc) is 1.61. The van der Waals surface area contributed by atoms with Crippen molar-refractivity contribution in [3.8, 4) is 0 Å². The predicted molar refractivity (Wildman–Crippen MR) is 30.6 cm³/mol. The van der Waals surface area contributed by atoms with Gasteiger partial charge in [-0.05, 0) is 13.8 Å². The molecule has 0 N–H and O–H groups in total. The Bertz CT molecular complexity index is 95.6. The molecule has 0 aromatic rings. The zero-order valence-electron chi connectivity index (χ0n) is 5.58. The van der Waals surface area contributed by atoms with E-state index in [1.807, 2.05) is 0 Å². The third-order valence-electron chi connectivity index (χ3n) is 0.829. The molecule has 2 nitrogen and oxygen atoms in total. The Labute approximate surface area is 65.5 Å². The van der Waals surface area contributed by atoms with Crippen LogP contribution in [0.5, 0.6) is 0 Å². The molecule has 0 unspecified atom stereocenters. The van der Waals surface area contributed by atoms with Gasteiger partial charge in [-0.25, -0.2) is 0 Å². The first-order chi connectivity index (χ1) is 3.63. The van der Waals surface area contributed by atoms with Crippen molar-refractivity contribution >= 4 is 11.6 Å². The summed E-state index contributed by atoms with van der Waals surface area (Å²) in [6, 6.07) is 0. The summed E-state index contributed by atoms with van der Waals surface area (Å²) >= 11 is 0. The van der Waals surface area contributed by atoms with Gasteiger partial charge in [0.1, 0.15) is 11.6 Å². The van der Waals surface area contributed by atoms with Crippen LogP contribution < -0.4 is 0 Å². The molecule has 0 bridgehead atoms. The summed E-state index contributed by atoms with van der Waals surface area (Å²) in [4.78, 5) is 20.4. The normalized spacial score (nSPS) is 7.78. The zero-order chi connectivity index (χ0) is 6.57. The molecule has 0 heterocycles. The Morgan fingerprint density at radius 2 is 1.22 bits per heavy atom. The Morgan fingerprint density at radius 1 is 1.00 bits per heavy atom. The molecule has 0 fully saturated rings. The van der Waals surface area contributed by atoms with E-state index >= 15 is 0 Å². The minimum atomic E-state index is 0. The van der Waals surface area contributed by atoms with Crippen LogP contribution in [0.1, 0.15) is 26.7 Å². The first kappa shape index (κ1) is 11.6. The van der Waals surface area contributed by atoms with E-state index < -0.39 is 0 Å². The fourth-order valence-electron chi connectivity index (χ4n) is 0.352. The number of hydrogen-bond donors (Lipinski definition) is 0. The molecule has 0 saturated carbocycles. The molecular weight excluding hydrogens is 160 g/mol. The monoisotopic (exact) mass is 170 g/mol. The summed E-state index contributed by atoms with van der Waals surface area (Å²) in [5, 5.41) is 0. The van der Waals surface area contributed by atoms with Gasteiger partial charge >= 0.3 is 0 Å². The molecule has 0 aromatic heterocycles. The third-order valence-corrected chi connectivity index (χ3v) is 0.829. The molecule has 0 spiro atoms. The van der Waals surface area contributed by atoms with Gasteiger partial charge in [0.25, 0.3) is 0 Å². The van der Waals surface area contributed by atoms with Crippen molar-refractivity contribution in [2.45, 2.75) is 26.7 Å². The first-order valence-electron chi connectivity index (χ1n) is 2.62. The van der Waals surface area contributed by atoms with E-state index in [4.69, 9.17) is 0 Å². The molecular formula is C6H10FeO2. The van der Waals surface area contributed by atoms with Crippen LogP contribution in [-0.2, 0) is 26.7 Å². The third kappa shape index (κ3) is 11.4. The van der Waals surface area contributed by atoms with Crippen LogP contribution in [0.3, 0.4) is 0 Å². The van der Waals surface area contributed by atoms with E-state index in [1.165, 1.54) is 13.8 Å². The van der Waals surface area contributed by atoms with Crippen LogP contribution in [0.15, 0.2) is 0 Å². The van der Waals surface area contributed by atoms with E-state index in [-0.39, 0.29) is 28.6 Å². The van der Waals surface area contributed by atoms with Gasteiger partial charge in [-0.2, -0.15) is 0 Å². The largest absolute Gasteiger partial charge is 0.300 e. The van der Waals surface area contributed by atoms with Gasteiger partial charge in [0.2, 0.25) is 0 Å². The smallest absolute Gasteiger partial charge is 0.130 e. The number of carbonyl (C=O) groups is 2.